The van der Waals surface area contributed by atoms with Crippen molar-refractivity contribution in [3.63, 3.8) is 0 Å². The lowest BCUT2D eigenvalue weighted by Crippen LogP contribution is -2.39. The predicted molar refractivity (Wildman–Crippen MR) is 82.9 cm³/mol. The Morgan fingerprint density at radius 3 is 2.53 bits per heavy atom. The first-order valence-electron chi connectivity index (χ1n) is 6.90. The molecule has 0 spiro atoms. The summed E-state index contributed by atoms with van der Waals surface area (Å²) in [5.74, 6) is 0.541. The Balaban J connectivity index is 2.61. The number of ether oxygens (including phenoxy) is 1. The van der Waals surface area contributed by atoms with E-state index in [0.29, 0.717) is 5.92 Å². The number of hydrogen-bond acceptors (Lipinski definition) is 2. The van der Waals surface area contributed by atoms with Crippen LogP contribution < -0.4 is 5.32 Å². The van der Waals surface area contributed by atoms with Gasteiger partial charge >= 0.3 is 0 Å². The molecular weight excluding hydrogens is 258 g/mol. The van der Waals surface area contributed by atoms with Crippen molar-refractivity contribution >= 4 is 11.6 Å². The third-order valence-corrected chi connectivity index (χ3v) is 3.49. The molecule has 0 saturated carbocycles. The number of rotatable bonds is 7. The largest absolute Gasteiger partial charge is 0.385 e. The zero-order valence-electron chi connectivity index (χ0n) is 12.5. The van der Waals surface area contributed by atoms with Crippen LogP contribution in [-0.2, 0) is 11.2 Å². The summed E-state index contributed by atoms with van der Waals surface area (Å²) in [6.45, 7) is 8.35. The minimum absolute atomic E-state index is 0.145. The molecule has 2 nitrogen and oxygen atoms in total. The molecule has 1 N–H and O–H groups in total. The monoisotopic (exact) mass is 283 g/mol. The molecule has 0 fully saturated rings. The van der Waals surface area contributed by atoms with Gasteiger partial charge in [-0.25, -0.2) is 0 Å². The zero-order valence-corrected chi connectivity index (χ0v) is 13.3. The Hall–Kier alpha value is -0.570. The van der Waals surface area contributed by atoms with Gasteiger partial charge < -0.3 is 10.1 Å². The Morgan fingerprint density at radius 1 is 1.26 bits per heavy atom. The Kier molecular flexibility index (Phi) is 6.84. The van der Waals surface area contributed by atoms with Gasteiger partial charge in [-0.05, 0) is 57.7 Å². The topological polar surface area (TPSA) is 21.3 Å². The van der Waals surface area contributed by atoms with Crippen LogP contribution in [0.2, 0.25) is 5.02 Å². The molecule has 1 aromatic rings. The van der Waals surface area contributed by atoms with E-state index in [4.69, 9.17) is 16.3 Å². The highest BCUT2D eigenvalue weighted by Gasteiger charge is 2.15. The quantitative estimate of drug-likeness (QED) is 0.819. The van der Waals surface area contributed by atoms with Crippen molar-refractivity contribution in [2.24, 2.45) is 5.92 Å². The highest BCUT2D eigenvalue weighted by Crippen LogP contribution is 2.20. The fourth-order valence-corrected chi connectivity index (χ4v) is 2.20. The molecule has 0 saturated heterocycles. The third-order valence-electron chi connectivity index (χ3n) is 3.12. The van der Waals surface area contributed by atoms with Crippen LogP contribution >= 0.6 is 11.6 Å². The van der Waals surface area contributed by atoms with E-state index in [-0.39, 0.29) is 5.54 Å². The van der Waals surface area contributed by atoms with E-state index in [1.807, 2.05) is 18.2 Å². The zero-order chi connectivity index (χ0) is 14.3. The van der Waals surface area contributed by atoms with Gasteiger partial charge in [-0.15, -0.1) is 0 Å². The van der Waals surface area contributed by atoms with Gasteiger partial charge in [0.1, 0.15) is 0 Å². The van der Waals surface area contributed by atoms with Crippen LogP contribution in [0.5, 0.6) is 0 Å². The van der Waals surface area contributed by atoms with Crippen LogP contribution in [0.3, 0.4) is 0 Å². The number of hydrogen-bond donors (Lipinski definition) is 1. The van der Waals surface area contributed by atoms with E-state index in [1.54, 1.807) is 7.11 Å². The first-order valence-corrected chi connectivity index (χ1v) is 7.27. The molecule has 0 radical (unpaired) electrons. The van der Waals surface area contributed by atoms with Gasteiger partial charge in [-0.3, -0.25) is 0 Å². The molecule has 1 aromatic carbocycles. The smallest absolute Gasteiger partial charge is 0.0465 e. The van der Waals surface area contributed by atoms with Crippen molar-refractivity contribution in [3.05, 3.63) is 34.9 Å². The van der Waals surface area contributed by atoms with Crippen molar-refractivity contribution in [2.75, 3.05) is 20.3 Å². The van der Waals surface area contributed by atoms with Crippen LogP contribution in [0.4, 0.5) is 0 Å². The third kappa shape index (κ3) is 6.95. The number of methoxy groups -OCH3 is 1. The molecule has 0 heterocycles. The van der Waals surface area contributed by atoms with E-state index in [1.165, 1.54) is 5.56 Å². The Bertz CT molecular complexity index is 373. The summed E-state index contributed by atoms with van der Waals surface area (Å²) in [5.41, 5.74) is 1.37. The lowest BCUT2D eigenvalue weighted by atomic mass is 9.95. The Morgan fingerprint density at radius 2 is 1.95 bits per heavy atom. The number of benzene rings is 1. The maximum Gasteiger partial charge on any atom is 0.0465 e. The fraction of sp³-hybridized carbons (Fsp3) is 0.625. The minimum Gasteiger partial charge on any atom is -0.385 e. The molecule has 1 atom stereocenters. The second-order valence-corrected chi connectivity index (χ2v) is 6.48. The van der Waals surface area contributed by atoms with Crippen molar-refractivity contribution in [1.29, 1.82) is 0 Å². The van der Waals surface area contributed by atoms with Gasteiger partial charge in [-0.2, -0.15) is 0 Å². The van der Waals surface area contributed by atoms with Crippen molar-refractivity contribution in [1.82, 2.24) is 5.32 Å². The summed E-state index contributed by atoms with van der Waals surface area (Å²) >= 11 is 6.24. The maximum atomic E-state index is 6.24. The molecule has 1 unspecified atom stereocenters. The standard InChI is InChI=1S/C16H26ClNO/c1-16(2,3)18-12-13(9-10-19-4)11-14-7-5-6-8-15(14)17/h5-8,13,18H,9-12H2,1-4H3. The summed E-state index contributed by atoms with van der Waals surface area (Å²) in [5, 5.41) is 4.43. The van der Waals surface area contributed by atoms with Crippen LogP contribution in [-0.4, -0.2) is 25.8 Å². The molecule has 0 aliphatic heterocycles. The van der Waals surface area contributed by atoms with Crippen LogP contribution in [0, 0.1) is 5.92 Å². The van der Waals surface area contributed by atoms with Crippen molar-refractivity contribution in [2.45, 2.75) is 39.2 Å². The second-order valence-electron chi connectivity index (χ2n) is 6.07. The summed E-state index contributed by atoms with van der Waals surface area (Å²) in [6, 6.07) is 8.09. The SMILES string of the molecule is COCCC(CNC(C)(C)C)Cc1ccccc1Cl. The first-order chi connectivity index (χ1) is 8.92. The van der Waals surface area contributed by atoms with E-state index in [0.717, 1.165) is 31.0 Å². The molecule has 0 aromatic heterocycles. The van der Waals surface area contributed by atoms with Crippen LogP contribution in [0.15, 0.2) is 24.3 Å². The first kappa shape index (κ1) is 16.5. The molecule has 0 amide bonds. The summed E-state index contributed by atoms with van der Waals surface area (Å²) < 4.78 is 5.21. The fourth-order valence-electron chi connectivity index (χ4n) is 1.99. The normalized spacial score (nSPS) is 13.5. The van der Waals surface area contributed by atoms with Gasteiger partial charge in [0.25, 0.3) is 0 Å². The van der Waals surface area contributed by atoms with E-state index >= 15 is 0 Å². The van der Waals surface area contributed by atoms with Gasteiger partial charge in [-0.1, -0.05) is 29.8 Å². The lowest BCUT2D eigenvalue weighted by Gasteiger charge is -2.25. The molecule has 1 rings (SSSR count). The lowest BCUT2D eigenvalue weighted by molar-refractivity contribution is 0.174. The van der Waals surface area contributed by atoms with E-state index in [2.05, 4.69) is 32.2 Å². The Labute approximate surface area is 122 Å². The molecule has 3 heteroatoms. The number of halogens is 1. The molecule has 0 aliphatic carbocycles. The van der Waals surface area contributed by atoms with Gasteiger partial charge in [0, 0.05) is 24.3 Å². The van der Waals surface area contributed by atoms with E-state index < -0.39 is 0 Å². The number of nitrogens with one attached hydrogen (secondary N) is 1. The maximum absolute atomic E-state index is 6.24. The van der Waals surface area contributed by atoms with Crippen LogP contribution in [0.25, 0.3) is 0 Å². The van der Waals surface area contributed by atoms with Gasteiger partial charge in [0.15, 0.2) is 0 Å². The van der Waals surface area contributed by atoms with Crippen LogP contribution in [0.1, 0.15) is 32.8 Å². The summed E-state index contributed by atoms with van der Waals surface area (Å²) in [6.07, 6.45) is 2.04. The molecule has 19 heavy (non-hydrogen) atoms. The molecular formula is C16H26ClNO. The highest BCUT2D eigenvalue weighted by atomic mass is 35.5. The predicted octanol–water partition coefficient (Wildman–Crippen LogP) is 3.92. The second kappa shape index (κ2) is 7.88. The van der Waals surface area contributed by atoms with Crippen molar-refractivity contribution < 1.29 is 4.74 Å². The minimum atomic E-state index is 0.145. The van der Waals surface area contributed by atoms with E-state index in [9.17, 15) is 0 Å². The summed E-state index contributed by atoms with van der Waals surface area (Å²) in [7, 11) is 1.75. The molecule has 0 aliphatic rings. The molecule has 108 valence electrons. The van der Waals surface area contributed by atoms with Gasteiger partial charge in [0.05, 0.1) is 0 Å². The van der Waals surface area contributed by atoms with Crippen molar-refractivity contribution in [3.8, 4) is 0 Å². The average Bonchev–Trinajstić information content (AvgIpc) is 2.34. The van der Waals surface area contributed by atoms with Gasteiger partial charge in [0.2, 0.25) is 0 Å². The molecule has 0 bridgehead atoms. The highest BCUT2D eigenvalue weighted by molar-refractivity contribution is 6.31. The summed E-state index contributed by atoms with van der Waals surface area (Å²) in [4.78, 5) is 0. The average molecular weight is 284 g/mol.